The molecule has 1 amide bonds. The van der Waals surface area contributed by atoms with Crippen molar-refractivity contribution >= 4 is 5.91 Å². The fraction of sp³-hybridized carbons (Fsp3) is 0.429. The van der Waals surface area contributed by atoms with Gasteiger partial charge in [0.15, 0.2) is 0 Å². The number of H-pyrrole nitrogens is 2. The third-order valence-electron chi connectivity index (χ3n) is 3.19. The van der Waals surface area contributed by atoms with Gasteiger partial charge in [0.25, 0.3) is 5.56 Å². The normalized spacial score (nSPS) is 12.2. The Labute approximate surface area is 122 Å². The molecule has 0 saturated carbocycles. The Morgan fingerprint density at radius 3 is 2.62 bits per heavy atom. The number of carbonyl (C=O) groups is 1. The lowest BCUT2D eigenvalue weighted by molar-refractivity contribution is -0.121. The molecule has 21 heavy (non-hydrogen) atoms. The minimum atomic E-state index is -0.267. The van der Waals surface area contributed by atoms with Crippen LogP contribution in [0.4, 0.5) is 0 Å². The van der Waals surface area contributed by atoms with Crippen LogP contribution in [0.5, 0.6) is 0 Å². The van der Waals surface area contributed by atoms with E-state index in [1.165, 1.54) is 0 Å². The molecule has 0 bridgehead atoms. The molecule has 2 aromatic rings. The molecule has 7 nitrogen and oxygen atoms in total. The highest BCUT2D eigenvalue weighted by atomic mass is 16.2. The van der Waals surface area contributed by atoms with Crippen LogP contribution in [0, 0.1) is 20.8 Å². The Kier molecular flexibility index (Phi) is 4.21. The van der Waals surface area contributed by atoms with Crippen molar-refractivity contribution in [2.75, 3.05) is 0 Å². The molecule has 2 aromatic heterocycles. The van der Waals surface area contributed by atoms with Gasteiger partial charge in [-0.05, 0) is 27.7 Å². The van der Waals surface area contributed by atoms with Crippen molar-refractivity contribution in [2.45, 2.75) is 40.2 Å². The average molecular weight is 289 g/mol. The van der Waals surface area contributed by atoms with Crippen molar-refractivity contribution in [1.29, 1.82) is 0 Å². The van der Waals surface area contributed by atoms with Crippen molar-refractivity contribution in [1.82, 2.24) is 25.3 Å². The molecular weight excluding hydrogens is 270 g/mol. The number of hydrogen-bond donors (Lipinski definition) is 3. The van der Waals surface area contributed by atoms with Gasteiger partial charge in [-0.1, -0.05) is 0 Å². The van der Waals surface area contributed by atoms with Gasteiger partial charge >= 0.3 is 0 Å². The summed E-state index contributed by atoms with van der Waals surface area (Å²) in [5.41, 5.74) is 1.63. The van der Waals surface area contributed by atoms with Crippen molar-refractivity contribution < 1.29 is 4.79 Å². The Bertz CT molecular complexity index is 716. The third-order valence-corrected chi connectivity index (χ3v) is 3.19. The predicted molar refractivity (Wildman–Crippen MR) is 77.9 cm³/mol. The van der Waals surface area contributed by atoms with E-state index in [9.17, 15) is 9.59 Å². The molecule has 0 aliphatic heterocycles. The highest BCUT2D eigenvalue weighted by Gasteiger charge is 2.15. The van der Waals surface area contributed by atoms with Crippen LogP contribution in [0.3, 0.4) is 0 Å². The van der Waals surface area contributed by atoms with E-state index in [0.717, 1.165) is 5.69 Å². The van der Waals surface area contributed by atoms with Crippen molar-refractivity contribution in [3.05, 3.63) is 45.2 Å². The van der Waals surface area contributed by atoms with Crippen LogP contribution in [0.25, 0.3) is 0 Å². The van der Waals surface area contributed by atoms with E-state index >= 15 is 0 Å². The van der Waals surface area contributed by atoms with Crippen LogP contribution in [-0.4, -0.2) is 25.8 Å². The SMILES string of the molecule is Cc1cnc([C@@H](C)NC(=O)Cc2c(C)nc(C)[nH]c2=O)[nH]1. The number of hydrogen-bond acceptors (Lipinski definition) is 4. The van der Waals surface area contributed by atoms with E-state index in [1.807, 2.05) is 13.8 Å². The predicted octanol–water partition coefficient (Wildman–Crippen LogP) is 0.838. The summed E-state index contributed by atoms with van der Waals surface area (Å²) < 4.78 is 0. The largest absolute Gasteiger partial charge is 0.346 e. The van der Waals surface area contributed by atoms with Crippen molar-refractivity contribution in [3.8, 4) is 0 Å². The van der Waals surface area contributed by atoms with Crippen LogP contribution < -0.4 is 10.9 Å². The monoisotopic (exact) mass is 289 g/mol. The van der Waals surface area contributed by atoms with Crippen molar-refractivity contribution in [3.63, 3.8) is 0 Å². The van der Waals surface area contributed by atoms with Crippen LogP contribution in [0.2, 0.25) is 0 Å². The first-order valence-corrected chi connectivity index (χ1v) is 6.74. The maximum atomic E-state index is 12.1. The molecule has 0 spiro atoms. The third kappa shape index (κ3) is 3.56. The molecule has 0 saturated heterocycles. The molecule has 0 radical (unpaired) electrons. The zero-order valence-corrected chi connectivity index (χ0v) is 12.6. The smallest absolute Gasteiger partial charge is 0.254 e. The molecular formula is C14H19N5O2. The highest BCUT2D eigenvalue weighted by molar-refractivity contribution is 5.79. The molecule has 0 aromatic carbocycles. The molecule has 2 heterocycles. The summed E-state index contributed by atoms with van der Waals surface area (Å²) in [5.74, 6) is 0.991. The number of nitrogens with one attached hydrogen (secondary N) is 3. The molecule has 2 rings (SSSR count). The number of rotatable bonds is 4. The van der Waals surface area contributed by atoms with Crippen LogP contribution in [-0.2, 0) is 11.2 Å². The van der Waals surface area contributed by atoms with E-state index in [1.54, 1.807) is 20.0 Å². The minimum absolute atomic E-state index is 0.00151. The van der Waals surface area contributed by atoms with E-state index < -0.39 is 0 Å². The first-order chi connectivity index (χ1) is 9.86. The van der Waals surface area contributed by atoms with E-state index in [4.69, 9.17) is 0 Å². The lowest BCUT2D eigenvalue weighted by atomic mass is 10.1. The van der Waals surface area contributed by atoms with Gasteiger partial charge in [-0.2, -0.15) is 0 Å². The van der Waals surface area contributed by atoms with Crippen LogP contribution >= 0.6 is 0 Å². The van der Waals surface area contributed by atoms with Gasteiger partial charge in [-0.15, -0.1) is 0 Å². The number of imidazole rings is 1. The number of aromatic nitrogens is 4. The first-order valence-electron chi connectivity index (χ1n) is 6.74. The molecule has 0 unspecified atom stereocenters. The standard InChI is InChI=1S/C14H19N5O2/c1-7-6-15-13(16-7)9(3)18-12(20)5-11-8(2)17-10(4)19-14(11)21/h6,9H,5H2,1-4H3,(H,15,16)(H,18,20)(H,17,19,21)/t9-/m1/s1. The second kappa shape index (κ2) is 5.90. The number of carbonyl (C=O) groups excluding carboxylic acids is 1. The molecule has 0 aliphatic carbocycles. The summed E-state index contributed by atoms with van der Waals surface area (Å²) in [6, 6.07) is -0.246. The van der Waals surface area contributed by atoms with Gasteiger partial charge in [0.05, 0.1) is 12.5 Å². The molecule has 7 heteroatoms. The zero-order chi connectivity index (χ0) is 15.6. The fourth-order valence-corrected chi connectivity index (χ4v) is 2.13. The lowest BCUT2D eigenvalue weighted by Gasteiger charge is -2.12. The number of amides is 1. The number of aromatic amines is 2. The van der Waals surface area contributed by atoms with Crippen LogP contribution in [0.1, 0.15) is 41.6 Å². The van der Waals surface area contributed by atoms with Gasteiger partial charge in [0.1, 0.15) is 11.6 Å². The van der Waals surface area contributed by atoms with Crippen molar-refractivity contribution in [2.24, 2.45) is 0 Å². The number of nitrogens with zero attached hydrogens (tertiary/aromatic N) is 2. The van der Waals surface area contributed by atoms with E-state index in [-0.39, 0.29) is 23.9 Å². The Morgan fingerprint density at radius 1 is 1.33 bits per heavy atom. The Morgan fingerprint density at radius 2 is 2.05 bits per heavy atom. The van der Waals surface area contributed by atoms with Gasteiger partial charge in [-0.25, -0.2) is 9.97 Å². The molecule has 0 aliphatic rings. The second-order valence-corrected chi connectivity index (χ2v) is 5.13. The van der Waals surface area contributed by atoms with Gasteiger partial charge in [0, 0.05) is 23.1 Å². The maximum absolute atomic E-state index is 12.1. The lowest BCUT2D eigenvalue weighted by Crippen LogP contribution is -2.31. The quantitative estimate of drug-likeness (QED) is 0.775. The Balaban J connectivity index is 2.07. The topological polar surface area (TPSA) is 104 Å². The summed E-state index contributed by atoms with van der Waals surface area (Å²) in [7, 11) is 0. The summed E-state index contributed by atoms with van der Waals surface area (Å²) in [6.07, 6.45) is 1.70. The fourth-order valence-electron chi connectivity index (χ4n) is 2.13. The molecule has 0 fully saturated rings. The average Bonchev–Trinajstić information content (AvgIpc) is 2.80. The zero-order valence-electron chi connectivity index (χ0n) is 12.6. The van der Waals surface area contributed by atoms with E-state index in [0.29, 0.717) is 22.9 Å². The molecule has 112 valence electrons. The first kappa shape index (κ1) is 15.0. The van der Waals surface area contributed by atoms with Gasteiger partial charge in [-0.3, -0.25) is 9.59 Å². The van der Waals surface area contributed by atoms with Gasteiger partial charge < -0.3 is 15.3 Å². The molecule has 3 N–H and O–H groups in total. The highest BCUT2D eigenvalue weighted by Crippen LogP contribution is 2.08. The maximum Gasteiger partial charge on any atom is 0.254 e. The summed E-state index contributed by atoms with van der Waals surface area (Å²) in [5, 5.41) is 2.81. The second-order valence-electron chi connectivity index (χ2n) is 5.13. The Hall–Kier alpha value is -2.44. The summed E-state index contributed by atoms with van der Waals surface area (Å²) >= 11 is 0. The number of aryl methyl sites for hydroxylation is 3. The minimum Gasteiger partial charge on any atom is -0.346 e. The van der Waals surface area contributed by atoms with Crippen LogP contribution in [0.15, 0.2) is 11.0 Å². The molecule has 1 atom stereocenters. The summed E-state index contributed by atoms with van der Waals surface area (Å²) in [6.45, 7) is 7.16. The summed E-state index contributed by atoms with van der Waals surface area (Å²) in [4.78, 5) is 37.9. The van der Waals surface area contributed by atoms with E-state index in [2.05, 4.69) is 25.3 Å². The van der Waals surface area contributed by atoms with Gasteiger partial charge in [0.2, 0.25) is 5.91 Å².